The molecule has 96 valence electrons. The average Bonchev–Trinajstić information content (AvgIpc) is 2.48. The molecule has 0 bridgehead atoms. The Kier molecular flexibility index (Phi) is 2.98. The van der Waals surface area contributed by atoms with Crippen molar-refractivity contribution >= 4 is 16.6 Å². The lowest BCUT2D eigenvalue weighted by Crippen LogP contribution is -2.27. The zero-order chi connectivity index (χ0) is 13.3. The summed E-state index contributed by atoms with van der Waals surface area (Å²) in [6, 6.07) is 15.1. The Morgan fingerprint density at radius 3 is 2.58 bits per heavy atom. The van der Waals surface area contributed by atoms with E-state index in [1.165, 1.54) is 16.3 Å². The monoisotopic (exact) mass is 250 g/mol. The second kappa shape index (κ2) is 4.65. The molecule has 1 aliphatic carbocycles. The fourth-order valence-corrected chi connectivity index (χ4v) is 3.00. The van der Waals surface area contributed by atoms with Crippen molar-refractivity contribution in [1.82, 2.24) is 0 Å². The Morgan fingerprint density at radius 2 is 1.89 bits per heavy atom. The summed E-state index contributed by atoms with van der Waals surface area (Å²) < 4.78 is 0. The first kappa shape index (κ1) is 12.2. The molecule has 0 radical (unpaired) electrons. The van der Waals surface area contributed by atoms with Gasteiger partial charge < -0.3 is 0 Å². The van der Waals surface area contributed by atoms with Crippen molar-refractivity contribution in [3.05, 3.63) is 60.2 Å². The number of rotatable bonds is 2. The van der Waals surface area contributed by atoms with E-state index in [-0.39, 0.29) is 11.2 Å². The topological polar surface area (TPSA) is 17.1 Å². The Bertz CT molecular complexity index is 654. The number of benzene rings is 2. The van der Waals surface area contributed by atoms with Crippen molar-refractivity contribution in [2.45, 2.75) is 31.6 Å². The SMILES string of the molecule is CC[C@]1(c2ccc3ccccc3c2)C=CC(=O)CC1. The van der Waals surface area contributed by atoms with Gasteiger partial charge in [0.2, 0.25) is 0 Å². The molecule has 1 heteroatoms. The summed E-state index contributed by atoms with van der Waals surface area (Å²) in [4.78, 5) is 11.4. The molecule has 19 heavy (non-hydrogen) atoms. The minimum Gasteiger partial charge on any atom is -0.295 e. The predicted octanol–water partition coefficient (Wildman–Crippen LogP) is 4.41. The summed E-state index contributed by atoms with van der Waals surface area (Å²) in [5.74, 6) is 0.255. The first-order chi connectivity index (χ1) is 9.23. The predicted molar refractivity (Wildman–Crippen MR) is 79.3 cm³/mol. The van der Waals surface area contributed by atoms with Gasteiger partial charge in [-0.3, -0.25) is 4.79 Å². The number of fused-ring (bicyclic) bond motifs is 1. The number of ketones is 1. The molecule has 0 unspecified atom stereocenters. The molecular weight excluding hydrogens is 232 g/mol. The quantitative estimate of drug-likeness (QED) is 0.771. The normalized spacial score (nSPS) is 22.9. The minimum absolute atomic E-state index is 0.0396. The van der Waals surface area contributed by atoms with Gasteiger partial charge in [0.05, 0.1) is 0 Å². The van der Waals surface area contributed by atoms with Crippen LogP contribution in [-0.2, 0) is 10.2 Å². The van der Waals surface area contributed by atoms with Crippen LogP contribution in [0.15, 0.2) is 54.6 Å². The zero-order valence-electron chi connectivity index (χ0n) is 11.2. The van der Waals surface area contributed by atoms with E-state index in [1.807, 2.05) is 0 Å². The molecule has 0 spiro atoms. The average molecular weight is 250 g/mol. The summed E-state index contributed by atoms with van der Waals surface area (Å²) in [5, 5.41) is 2.55. The third-order valence-electron chi connectivity index (χ3n) is 4.36. The largest absolute Gasteiger partial charge is 0.295 e. The third kappa shape index (κ3) is 2.10. The Morgan fingerprint density at radius 1 is 1.11 bits per heavy atom. The van der Waals surface area contributed by atoms with Crippen LogP contribution in [0.5, 0.6) is 0 Å². The van der Waals surface area contributed by atoms with Crippen molar-refractivity contribution in [2.24, 2.45) is 0 Å². The molecule has 0 aliphatic heterocycles. The van der Waals surface area contributed by atoms with Crippen LogP contribution in [-0.4, -0.2) is 5.78 Å². The van der Waals surface area contributed by atoms with Crippen molar-refractivity contribution in [3.8, 4) is 0 Å². The van der Waals surface area contributed by atoms with Gasteiger partial charge in [-0.15, -0.1) is 0 Å². The molecule has 0 fully saturated rings. The smallest absolute Gasteiger partial charge is 0.155 e. The molecule has 1 aliphatic rings. The van der Waals surface area contributed by atoms with Gasteiger partial charge in [-0.2, -0.15) is 0 Å². The van der Waals surface area contributed by atoms with Crippen molar-refractivity contribution in [1.29, 1.82) is 0 Å². The summed E-state index contributed by atoms with van der Waals surface area (Å²) >= 11 is 0. The van der Waals surface area contributed by atoms with Crippen molar-refractivity contribution in [2.75, 3.05) is 0 Å². The van der Waals surface area contributed by atoms with Gasteiger partial charge in [0.25, 0.3) is 0 Å². The van der Waals surface area contributed by atoms with Crippen LogP contribution in [0.4, 0.5) is 0 Å². The highest BCUT2D eigenvalue weighted by Gasteiger charge is 2.30. The molecule has 2 aromatic carbocycles. The first-order valence-electron chi connectivity index (χ1n) is 6.95. The maximum Gasteiger partial charge on any atom is 0.155 e. The van der Waals surface area contributed by atoms with Gasteiger partial charge in [0.1, 0.15) is 0 Å². The lowest BCUT2D eigenvalue weighted by atomic mass is 9.71. The van der Waals surface area contributed by atoms with Gasteiger partial charge in [-0.1, -0.05) is 55.5 Å². The van der Waals surface area contributed by atoms with Crippen LogP contribution >= 0.6 is 0 Å². The van der Waals surface area contributed by atoms with E-state index in [1.54, 1.807) is 6.08 Å². The Balaban J connectivity index is 2.11. The molecule has 0 heterocycles. The molecule has 0 N–H and O–H groups in total. The third-order valence-corrected chi connectivity index (χ3v) is 4.36. The fourth-order valence-electron chi connectivity index (χ4n) is 3.00. The van der Waals surface area contributed by atoms with E-state index in [0.717, 1.165) is 12.8 Å². The summed E-state index contributed by atoms with van der Waals surface area (Å²) in [6.45, 7) is 2.20. The second-order valence-corrected chi connectivity index (χ2v) is 5.37. The maximum atomic E-state index is 11.4. The summed E-state index contributed by atoms with van der Waals surface area (Å²) in [7, 11) is 0. The Hall–Kier alpha value is -1.89. The van der Waals surface area contributed by atoms with Gasteiger partial charge in [-0.05, 0) is 35.3 Å². The molecule has 0 amide bonds. The van der Waals surface area contributed by atoms with Crippen LogP contribution in [0.3, 0.4) is 0 Å². The lowest BCUT2D eigenvalue weighted by Gasteiger charge is -2.32. The molecule has 1 atom stereocenters. The van der Waals surface area contributed by atoms with Crippen LogP contribution in [0, 0.1) is 0 Å². The minimum atomic E-state index is 0.0396. The highest BCUT2D eigenvalue weighted by Crippen LogP contribution is 2.38. The molecule has 2 aromatic rings. The Labute approximate surface area is 113 Å². The van der Waals surface area contributed by atoms with E-state index in [0.29, 0.717) is 6.42 Å². The van der Waals surface area contributed by atoms with E-state index in [2.05, 4.69) is 55.5 Å². The maximum absolute atomic E-state index is 11.4. The lowest BCUT2D eigenvalue weighted by molar-refractivity contribution is -0.115. The van der Waals surface area contributed by atoms with Crippen molar-refractivity contribution < 1.29 is 4.79 Å². The fraction of sp³-hybridized carbons (Fsp3) is 0.278. The van der Waals surface area contributed by atoms with Crippen LogP contribution in [0.25, 0.3) is 10.8 Å². The first-order valence-corrected chi connectivity index (χ1v) is 6.95. The van der Waals surface area contributed by atoms with Crippen LogP contribution in [0.2, 0.25) is 0 Å². The molecule has 0 aromatic heterocycles. The van der Waals surface area contributed by atoms with Gasteiger partial charge in [-0.25, -0.2) is 0 Å². The second-order valence-electron chi connectivity index (χ2n) is 5.37. The van der Waals surface area contributed by atoms with E-state index < -0.39 is 0 Å². The number of hydrogen-bond acceptors (Lipinski definition) is 1. The van der Waals surface area contributed by atoms with E-state index >= 15 is 0 Å². The van der Waals surface area contributed by atoms with Gasteiger partial charge in [0.15, 0.2) is 5.78 Å². The van der Waals surface area contributed by atoms with Crippen molar-refractivity contribution in [3.63, 3.8) is 0 Å². The molecule has 1 nitrogen and oxygen atoms in total. The standard InChI is InChI=1S/C18H18O/c1-2-18(11-9-17(19)10-12-18)16-8-7-14-5-3-4-6-15(14)13-16/h3-9,11,13H,2,10,12H2,1H3/t18-/m0/s1. The number of carbonyl (C=O) groups excluding carboxylic acids is 1. The highest BCUT2D eigenvalue weighted by molar-refractivity contribution is 5.91. The summed E-state index contributed by atoms with van der Waals surface area (Å²) in [5.41, 5.74) is 1.37. The van der Waals surface area contributed by atoms with Crippen LogP contribution in [0.1, 0.15) is 31.7 Å². The van der Waals surface area contributed by atoms with Gasteiger partial charge in [0, 0.05) is 11.8 Å². The molecule has 3 rings (SSSR count). The van der Waals surface area contributed by atoms with E-state index in [9.17, 15) is 4.79 Å². The summed E-state index contributed by atoms with van der Waals surface area (Å²) in [6.07, 6.45) is 6.51. The molecular formula is C18H18O. The molecule has 0 saturated heterocycles. The van der Waals surface area contributed by atoms with Crippen LogP contribution < -0.4 is 0 Å². The molecule has 0 saturated carbocycles. The van der Waals surface area contributed by atoms with E-state index in [4.69, 9.17) is 0 Å². The number of carbonyl (C=O) groups is 1. The highest BCUT2D eigenvalue weighted by atomic mass is 16.1. The zero-order valence-corrected chi connectivity index (χ0v) is 11.2. The number of hydrogen-bond donors (Lipinski definition) is 0. The van der Waals surface area contributed by atoms with Gasteiger partial charge >= 0.3 is 0 Å². The number of allylic oxidation sites excluding steroid dienone is 2.